The van der Waals surface area contributed by atoms with Gasteiger partial charge in [0.2, 0.25) is 11.8 Å². The number of aldehydes is 1. The molecule has 1 fully saturated rings. The van der Waals surface area contributed by atoms with Gasteiger partial charge in [0.25, 0.3) is 0 Å². The van der Waals surface area contributed by atoms with E-state index >= 15 is 0 Å². The van der Waals surface area contributed by atoms with Gasteiger partial charge in [-0.1, -0.05) is 48.0 Å². The summed E-state index contributed by atoms with van der Waals surface area (Å²) in [5, 5.41) is 15.1. The number of hydrogen-bond acceptors (Lipinski definition) is 9. The Hall–Kier alpha value is -5.00. The van der Waals surface area contributed by atoms with E-state index < -0.39 is 5.97 Å². The summed E-state index contributed by atoms with van der Waals surface area (Å²) in [5.74, 6) is 0.905. The Bertz CT molecular complexity index is 1930. The smallest absolute Gasteiger partial charge is 0.303 e. The first-order chi connectivity index (χ1) is 22.8. The number of pyridine rings is 2. The lowest BCUT2D eigenvalue weighted by molar-refractivity contribution is -0.138. The Morgan fingerprint density at radius 3 is 2.38 bits per heavy atom. The number of fused-ring (bicyclic) bond motifs is 1. The second kappa shape index (κ2) is 13.8. The lowest BCUT2D eigenvalue weighted by atomic mass is 9.93. The van der Waals surface area contributed by atoms with Crippen LogP contribution >= 0.6 is 11.6 Å². The number of likely N-dealkylation sites (tertiary alicyclic amines) is 1. The fourth-order valence-corrected chi connectivity index (χ4v) is 6.52. The average molecular weight is 656 g/mol. The molecule has 0 unspecified atom stereocenters. The molecule has 1 aliphatic rings. The number of carbonyl (C=O) groups excluding carboxylic acids is 1. The van der Waals surface area contributed by atoms with Gasteiger partial charge in [-0.2, -0.15) is 10.1 Å². The Labute approximate surface area is 276 Å². The number of nitrogens with zero attached hydrogens (tertiary/aromatic N) is 5. The number of rotatable bonds is 11. The van der Waals surface area contributed by atoms with E-state index in [0.29, 0.717) is 41.0 Å². The predicted octanol–water partition coefficient (Wildman–Crippen LogP) is 6.33. The normalized spacial score (nSPS) is 13.9. The Balaban J connectivity index is 1.31. The highest BCUT2D eigenvalue weighted by Crippen LogP contribution is 2.40. The number of carbonyl (C=O) groups is 2. The minimum atomic E-state index is -0.735. The molecule has 2 aromatic carbocycles. The molecule has 0 saturated carbocycles. The van der Waals surface area contributed by atoms with E-state index in [1.165, 1.54) is 14.2 Å². The SMILES string of the molecule is COc1cc(-n2ncc3c(-c4cccc(-c5ccc(CN6CCC(CC(=O)O)CC6)c(OC)n5)c4Cl)cccc32)nc(OC)c1C=O. The van der Waals surface area contributed by atoms with E-state index in [1.54, 1.807) is 24.1 Å². The molecule has 11 nitrogen and oxygen atoms in total. The third kappa shape index (κ3) is 6.36. The zero-order valence-corrected chi connectivity index (χ0v) is 27.0. The zero-order chi connectivity index (χ0) is 33.1. The van der Waals surface area contributed by atoms with Crippen LogP contribution in [0.4, 0.5) is 0 Å². The summed E-state index contributed by atoms with van der Waals surface area (Å²) in [6, 6.07) is 17.3. The van der Waals surface area contributed by atoms with Gasteiger partial charge in [0, 0.05) is 41.1 Å². The topological polar surface area (TPSA) is 129 Å². The monoisotopic (exact) mass is 655 g/mol. The molecule has 0 radical (unpaired) electrons. The molecule has 1 saturated heterocycles. The van der Waals surface area contributed by atoms with E-state index in [9.17, 15) is 9.59 Å². The molecule has 1 N–H and O–H groups in total. The zero-order valence-electron chi connectivity index (χ0n) is 26.3. The highest BCUT2D eigenvalue weighted by Gasteiger charge is 2.23. The van der Waals surface area contributed by atoms with E-state index in [1.807, 2.05) is 48.5 Å². The van der Waals surface area contributed by atoms with Gasteiger partial charge >= 0.3 is 5.97 Å². The molecule has 3 aromatic heterocycles. The molecule has 1 aliphatic heterocycles. The number of aliphatic carboxylic acids is 1. The first-order valence-electron chi connectivity index (χ1n) is 15.2. The number of ether oxygens (including phenoxy) is 3. The van der Waals surface area contributed by atoms with Crippen LogP contribution in [0.5, 0.6) is 17.5 Å². The number of piperidine rings is 1. The van der Waals surface area contributed by atoms with Crippen molar-refractivity contribution < 1.29 is 28.9 Å². The van der Waals surface area contributed by atoms with Gasteiger partial charge in [0.15, 0.2) is 12.1 Å². The molecular weight excluding hydrogens is 622 g/mol. The average Bonchev–Trinajstić information content (AvgIpc) is 3.53. The first kappa shape index (κ1) is 32.0. The third-order valence-corrected chi connectivity index (χ3v) is 9.00. The molecule has 47 heavy (non-hydrogen) atoms. The molecule has 0 spiro atoms. The number of carboxylic acids is 1. The van der Waals surface area contributed by atoms with E-state index in [4.69, 9.17) is 35.9 Å². The highest BCUT2D eigenvalue weighted by atomic mass is 35.5. The van der Waals surface area contributed by atoms with Crippen molar-refractivity contribution in [3.8, 4) is 45.7 Å². The number of methoxy groups -OCH3 is 3. The van der Waals surface area contributed by atoms with Crippen LogP contribution in [0.25, 0.3) is 39.1 Å². The van der Waals surface area contributed by atoms with Crippen molar-refractivity contribution in [3.05, 3.63) is 76.9 Å². The lowest BCUT2D eigenvalue weighted by Gasteiger charge is -2.31. The molecule has 0 amide bonds. The minimum absolute atomic E-state index is 0.138. The maximum absolute atomic E-state index is 11.6. The second-order valence-corrected chi connectivity index (χ2v) is 11.7. The summed E-state index contributed by atoms with van der Waals surface area (Å²) in [6.07, 6.45) is 4.35. The fourth-order valence-electron chi connectivity index (χ4n) is 6.20. The van der Waals surface area contributed by atoms with Crippen molar-refractivity contribution in [1.82, 2.24) is 24.6 Å². The second-order valence-electron chi connectivity index (χ2n) is 11.4. The maximum Gasteiger partial charge on any atom is 0.303 e. The molecule has 4 heterocycles. The van der Waals surface area contributed by atoms with Gasteiger partial charge in [0.1, 0.15) is 11.3 Å². The standard InChI is InChI=1S/C35H34ClN5O6/c1-45-30-17-31(39-35(47-3)27(30)20-42)41-29-9-5-6-23(26(29)18-37-41)24-7-4-8-25(33(24)36)28-11-10-22(34(38-28)46-2)19-40-14-12-21(13-15-40)16-32(43)44/h4-11,17-18,20-21H,12-16,19H2,1-3H3,(H,43,44). The third-order valence-electron chi connectivity index (χ3n) is 8.60. The molecule has 12 heteroatoms. The van der Waals surface area contributed by atoms with Crippen molar-refractivity contribution >= 4 is 34.8 Å². The number of carboxylic acid groups (broad SMARTS) is 1. The van der Waals surface area contributed by atoms with Crippen LogP contribution in [-0.4, -0.2) is 76.4 Å². The van der Waals surface area contributed by atoms with Crippen LogP contribution in [0, 0.1) is 5.92 Å². The largest absolute Gasteiger partial charge is 0.496 e. The molecule has 0 bridgehead atoms. The molecule has 6 rings (SSSR count). The van der Waals surface area contributed by atoms with Gasteiger partial charge in [-0.15, -0.1) is 0 Å². The summed E-state index contributed by atoms with van der Waals surface area (Å²) in [6.45, 7) is 2.33. The van der Waals surface area contributed by atoms with E-state index in [0.717, 1.165) is 59.1 Å². The number of halogens is 1. The highest BCUT2D eigenvalue weighted by molar-refractivity contribution is 6.36. The first-order valence-corrected chi connectivity index (χ1v) is 15.6. The van der Waals surface area contributed by atoms with Gasteiger partial charge in [-0.25, -0.2) is 9.67 Å². The predicted molar refractivity (Wildman–Crippen MR) is 178 cm³/mol. The Morgan fingerprint density at radius 2 is 1.68 bits per heavy atom. The number of benzene rings is 2. The van der Waals surface area contributed by atoms with Gasteiger partial charge in [0.05, 0.1) is 43.8 Å². The van der Waals surface area contributed by atoms with Crippen molar-refractivity contribution in [2.24, 2.45) is 5.92 Å². The fraction of sp³-hybridized carbons (Fsp3) is 0.286. The van der Waals surface area contributed by atoms with E-state index in [-0.39, 0.29) is 23.8 Å². The van der Waals surface area contributed by atoms with Crippen molar-refractivity contribution in [1.29, 1.82) is 0 Å². The van der Waals surface area contributed by atoms with Crippen molar-refractivity contribution in [2.45, 2.75) is 25.8 Å². The molecule has 0 aliphatic carbocycles. The van der Waals surface area contributed by atoms with Crippen molar-refractivity contribution in [2.75, 3.05) is 34.4 Å². The Morgan fingerprint density at radius 1 is 0.957 bits per heavy atom. The van der Waals surface area contributed by atoms with Gasteiger partial charge in [-0.3, -0.25) is 14.5 Å². The summed E-state index contributed by atoms with van der Waals surface area (Å²) < 4.78 is 18.2. The summed E-state index contributed by atoms with van der Waals surface area (Å²) >= 11 is 7.12. The lowest BCUT2D eigenvalue weighted by Crippen LogP contribution is -2.34. The van der Waals surface area contributed by atoms with Crippen LogP contribution < -0.4 is 14.2 Å². The Kier molecular flexibility index (Phi) is 9.37. The molecule has 0 atom stereocenters. The van der Waals surface area contributed by atoms with Gasteiger partial charge in [-0.05, 0) is 49.5 Å². The maximum atomic E-state index is 11.6. The minimum Gasteiger partial charge on any atom is -0.496 e. The molecular formula is C35H34ClN5O6. The van der Waals surface area contributed by atoms with Crippen LogP contribution in [0.1, 0.15) is 35.2 Å². The van der Waals surface area contributed by atoms with Crippen LogP contribution in [0.2, 0.25) is 5.02 Å². The van der Waals surface area contributed by atoms with Crippen LogP contribution in [-0.2, 0) is 11.3 Å². The number of hydrogen-bond donors (Lipinski definition) is 1. The quantitative estimate of drug-likeness (QED) is 0.161. The van der Waals surface area contributed by atoms with Crippen molar-refractivity contribution in [3.63, 3.8) is 0 Å². The molecule has 5 aromatic rings. The van der Waals surface area contributed by atoms with E-state index in [2.05, 4.69) is 15.0 Å². The number of aromatic nitrogens is 4. The van der Waals surface area contributed by atoms with Crippen LogP contribution in [0.3, 0.4) is 0 Å². The molecule has 242 valence electrons. The van der Waals surface area contributed by atoms with Gasteiger partial charge < -0.3 is 19.3 Å². The summed E-state index contributed by atoms with van der Waals surface area (Å²) in [5.41, 5.74) is 5.07. The summed E-state index contributed by atoms with van der Waals surface area (Å²) in [4.78, 5) is 34.4. The summed E-state index contributed by atoms with van der Waals surface area (Å²) in [7, 11) is 4.53. The van der Waals surface area contributed by atoms with Crippen LogP contribution in [0.15, 0.2) is 60.8 Å².